The largest absolute Gasteiger partial charge is 0.106 e. The van der Waals surface area contributed by atoms with Crippen LogP contribution in [0.3, 0.4) is 0 Å². The van der Waals surface area contributed by atoms with Gasteiger partial charge in [0.05, 0.1) is 0 Å². The van der Waals surface area contributed by atoms with Gasteiger partial charge in [0.15, 0.2) is 0 Å². The van der Waals surface area contributed by atoms with E-state index in [0.29, 0.717) is 0 Å². The molecule has 0 amide bonds. The van der Waals surface area contributed by atoms with Crippen molar-refractivity contribution in [2.75, 3.05) is 0 Å². The van der Waals surface area contributed by atoms with Gasteiger partial charge < -0.3 is 0 Å². The summed E-state index contributed by atoms with van der Waals surface area (Å²) in [6.45, 7) is 15.3. The SMILES string of the molecule is C.C=C.CCCC(CC)C(C)CC. The molecule has 0 N–H and O–H groups in total. The molecular weight excluding hydrogens is 156 g/mol. The molecule has 0 aromatic rings. The highest BCUT2D eigenvalue weighted by Crippen LogP contribution is 2.22. The van der Waals surface area contributed by atoms with Crippen molar-refractivity contribution in [1.29, 1.82) is 0 Å². The lowest BCUT2D eigenvalue weighted by Crippen LogP contribution is -2.09. The van der Waals surface area contributed by atoms with E-state index in [4.69, 9.17) is 0 Å². The first kappa shape index (κ1) is 18.5. The highest BCUT2D eigenvalue weighted by atomic mass is 14.2. The van der Waals surface area contributed by atoms with Gasteiger partial charge in [-0.1, -0.05) is 60.8 Å². The van der Waals surface area contributed by atoms with Crippen LogP contribution in [0.4, 0.5) is 0 Å². The van der Waals surface area contributed by atoms with Crippen molar-refractivity contribution in [1.82, 2.24) is 0 Å². The monoisotopic (exact) mass is 186 g/mol. The highest BCUT2D eigenvalue weighted by Gasteiger charge is 2.11. The summed E-state index contributed by atoms with van der Waals surface area (Å²) in [7, 11) is 0. The molecular formula is C13H30. The Morgan fingerprint density at radius 3 is 1.69 bits per heavy atom. The number of hydrogen-bond donors (Lipinski definition) is 0. The fraction of sp³-hybridized carbons (Fsp3) is 0.846. The zero-order valence-corrected chi connectivity index (χ0v) is 9.40. The van der Waals surface area contributed by atoms with Crippen LogP contribution < -0.4 is 0 Å². The Morgan fingerprint density at radius 2 is 1.46 bits per heavy atom. The van der Waals surface area contributed by atoms with Gasteiger partial charge in [0.2, 0.25) is 0 Å². The van der Waals surface area contributed by atoms with Crippen LogP contribution in [0.1, 0.15) is 60.8 Å². The lowest BCUT2D eigenvalue weighted by atomic mass is 9.86. The van der Waals surface area contributed by atoms with Crippen molar-refractivity contribution in [2.45, 2.75) is 60.8 Å². The molecule has 0 aliphatic carbocycles. The summed E-state index contributed by atoms with van der Waals surface area (Å²) in [6, 6.07) is 0. The Hall–Kier alpha value is -0.260. The molecule has 0 rings (SSSR count). The van der Waals surface area contributed by atoms with Crippen molar-refractivity contribution >= 4 is 0 Å². The van der Waals surface area contributed by atoms with Gasteiger partial charge in [-0.05, 0) is 11.8 Å². The molecule has 13 heavy (non-hydrogen) atoms. The maximum absolute atomic E-state index is 3.00. The summed E-state index contributed by atoms with van der Waals surface area (Å²) in [5.74, 6) is 1.92. The van der Waals surface area contributed by atoms with Crippen molar-refractivity contribution in [3.63, 3.8) is 0 Å². The Bertz CT molecular complexity index is 76.1. The smallest absolute Gasteiger partial charge is 0.0391 e. The van der Waals surface area contributed by atoms with E-state index in [2.05, 4.69) is 40.9 Å². The first-order chi connectivity index (χ1) is 5.76. The van der Waals surface area contributed by atoms with Gasteiger partial charge in [0.25, 0.3) is 0 Å². The van der Waals surface area contributed by atoms with Gasteiger partial charge in [-0.2, -0.15) is 0 Å². The summed E-state index contributed by atoms with van der Waals surface area (Å²) in [6.07, 6.45) is 5.48. The molecule has 0 radical (unpaired) electrons. The first-order valence-electron chi connectivity index (χ1n) is 5.26. The molecule has 0 bridgehead atoms. The normalized spacial score (nSPS) is 13.2. The molecule has 2 atom stereocenters. The van der Waals surface area contributed by atoms with Crippen LogP contribution in [0.2, 0.25) is 0 Å². The molecule has 0 saturated carbocycles. The van der Waals surface area contributed by atoms with Gasteiger partial charge in [-0.15, -0.1) is 13.2 Å². The van der Waals surface area contributed by atoms with Crippen molar-refractivity contribution in [2.24, 2.45) is 11.8 Å². The first-order valence-corrected chi connectivity index (χ1v) is 5.26. The predicted molar refractivity (Wildman–Crippen MR) is 66.1 cm³/mol. The molecule has 0 aliphatic heterocycles. The van der Waals surface area contributed by atoms with Crippen molar-refractivity contribution < 1.29 is 0 Å². The van der Waals surface area contributed by atoms with Gasteiger partial charge in [0, 0.05) is 0 Å². The van der Waals surface area contributed by atoms with Gasteiger partial charge in [-0.3, -0.25) is 0 Å². The van der Waals surface area contributed by atoms with Crippen LogP contribution in [-0.2, 0) is 0 Å². The molecule has 0 heterocycles. The molecule has 0 fully saturated rings. The second kappa shape index (κ2) is 14.3. The Labute approximate surface area is 86.4 Å². The zero-order chi connectivity index (χ0) is 9.98. The zero-order valence-electron chi connectivity index (χ0n) is 9.40. The van der Waals surface area contributed by atoms with Crippen LogP contribution in [0.15, 0.2) is 13.2 Å². The topological polar surface area (TPSA) is 0 Å². The van der Waals surface area contributed by atoms with E-state index < -0.39 is 0 Å². The van der Waals surface area contributed by atoms with E-state index in [1.807, 2.05) is 0 Å². The van der Waals surface area contributed by atoms with Crippen LogP contribution in [0.5, 0.6) is 0 Å². The number of hydrogen-bond acceptors (Lipinski definition) is 0. The third-order valence-corrected chi connectivity index (χ3v) is 2.63. The highest BCUT2D eigenvalue weighted by molar-refractivity contribution is 4.62. The molecule has 82 valence electrons. The Kier molecular flexibility index (Phi) is 20.3. The van der Waals surface area contributed by atoms with E-state index in [1.165, 1.54) is 25.7 Å². The summed E-state index contributed by atoms with van der Waals surface area (Å²) in [5, 5.41) is 0. The average Bonchev–Trinajstić information content (AvgIpc) is 2.16. The molecule has 0 heteroatoms. The molecule has 0 aromatic carbocycles. The number of rotatable bonds is 5. The van der Waals surface area contributed by atoms with Crippen LogP contribution >= 0.6 is 0 Å². The maximum atomic E-state index is 3.00. The second-order valence-corrected chi connectivity index (χ2v) is 3.34. The third-order valence-electron chi connectivity index (χ3n) is 2.63. The minimum absolute atomic E-state index is 0. The quantitative estimate of drug-likeness (QED) is 0.511. The predicted octanol–water partition coefficient (Wildman–Crippen LogP) is 5.30. The minimum Gasteiger partial charge on any atom is -0.106 e. The fourth-order valence-corrected chi connectivity index (χ4v) is 1.60. The lowest BCUT2D eigenvalue weighted by molar-refractivity contribution is 0.315. The molecule has 0 spiro atoms. The van der Waals surface area contributed by atoms with Gasteiger partial charge in [0.1, 0.15) is 0 Å². The summed E-state index contributed by atoms with van der Waals surface area (Å²) in [5.41, 5.74) is 0. The summed E-state index contributed by atoms with van der Waals surface area (Å²) in [4.78, 5) is 0. The van der Waals surface area contributed by atoms with Gasteiger partial charge in [-0.25, -0.2) is 0 Å². The second-order valence-electron chi connectivity index (χ2n) is 3.34. The summed E-state index contributed by atoms with van der Waals surface area (Å²) >= 11 is 0. The Balaban J connectivity index is -0.000000309. The molecule has 0 saturated heterocycles. The van der Waals surface area contributed by atoms with E-state index in [1.54, 1.807) is 0 Å². The van der Waals surface area contributed by atoms with E-state index in [0.717, 1.165) is 11.8 Å². The molecule has 0 aliphatic rings. The minimum atomic E-state index is 0. The van der Waals surface area contributed by atoms with E-state index in [9.17, 15) is 0 Å². The lowest BCUT2D eigenvalue weighted by Gasteiger charge is -2.20. The average molecular weight is 186 g/mol. The molecule has 0 nitrogen and oxygen atoms in total. The molecule has 2 unspecified atom stereocenters. The van der Waals surface area contributed by atoms with Crippen LogP contribution in [-0.4, -0.2) is 0 Å². The Morgan fingerprint density at radius 1 is 1.00 bits per heavy atom. The molecule has 0 aromatic heterocycles. The van der Waals surface area contributed by atoms with Gasteiger partial charge >= 0.3 is 0 Å². The van der Waals surface area contributed by atoms with E-state index in [-0.39, 0.29) is 7.43 Å². The van der Waals surface area contributed by atoms with Crippen molar-refractivity contribution in [3.8, 4) is 0 Å². The van der Waals surface area contributed by atoms with Crippen LogP contribution in [0, 0.1) is 11.8 Å². The third kappa shape index (κ3) is 9.66. The fourth-order valence-electron chi connectivity index (χ4n) is 1.60. The van der Waals surface area contributed by atoms with Crippen LogP contribution in [0.25, 0.3) is 0 Å². The standard InChI is InChI=1S/C10H22.C2H4.CH4/c1-5-8-10(7-3)9(4)6-2;1-2;/h9-10H,5-8H2,1-4H3;1-2H2;1H4. The van der Waals surface area contributed by atoms with E-state index >= 15 is 0 Å². The maximum Gasteiger partial charge on any atom is -0.0391 e. The summed E-state index contributed by atoms with van der Waals surface area (Å²) < 4.78 is 0. The van der Waals surface area contributed by atoms with Crippen molar-refractivity contribution in [3.05, 3.63) is 13.2 Å².